The number of halogens is 1. The first-order valence-electron chi connectivity index (χ1n) is 7.48. The van der Waals surface area contributed by atoms with Gasteiger partial charge in [0.05, 0.1) is 6.61 Å². The van der Waals surface area contributed by atoms with Crippen molar-refractivity contribution in [3.8, 4) is 5.75 Å². The second kappa shape index (κ2) is 9.02. The van der Waals surface area contributed by atoms with Crippen LogP contribution >= 0.6 is 11.6 Å². The van der Waals surface area contributed by atoms with E-state index in [1.54, 1.807) is 0 Å². The van der Waals surface area contributed by atoms with Crippen LogP contribution in [0.1, 0.15) is 52.0 Å². The van der Waals surface area contributed by atoms with Crippen molar-refractivity contribution in [3.05, 3.63) is 28.8 Å². The fourth-order valence-corrected chi connectivity index (χ4v) is 2.36. The van der Waals surface area contributed by atoms with Crippen LogP contribution in [0.2, 0.25) is 5.02 Å². The van der Waals surface area contributed by atoms with Gasteiger partial charge in [0.25, 0.3) is 0 Å². The van der Waals surface area contributed by atoms with E-state index in [-0.39, 0.29) is 5.92 Å². The molecule has 0 unspecified atom stereocenters. The van der Waals surface area contributed by atoms with E-state index < -0.39 is 0 Å². The molecule has 0 amide bonds. The fraction of sp³-hybridized carbons (Fsp3) is 0.588. The molecular weight excluding hydrogens is 272 g/mol. The number of ether oxygens (including phenoxy) is 1. The summed E-state index contributed by atoms with van der Waals surface area (Å²) in [7, 11) is 0. The first-order valence-corrected chi connectivity index (χ1v) is 7.85. The third-order valence-corrected chi connectivity index (χ3v) is 3.49. The van der Waals surface area contributed by atoms with Crippen molar-refractivity contribution in [2.45, 2.75) is 52.9 Å². The monoisotopic (exact) mass is 296 g/mol. The quantitative estimate of drug-likeness (QED) is 0.595. The van der Waals surface area contributed by atoms with E-state index in [2.05, 4.69) is 6.07 Å². The third kappa shape index (κ3) is 6.42. The summed E-state index contributed by atoms with van der Waals surface area (Å²) in [5, 5.41) is 0.723. The van der Waals surface area contributed by atoms with Crippen molar-refractivity contribution in [2.75, 3.05) is 6.61 Å². The highest BCUT2D eigenvalue weighted by atomic mass is 35.5. The lowest BCUT2D eigenvalue weighted by atomic mass is 10.0. The van der Waals surface area contributed by atoms with Crippen molar-refractivity contribution < 1.29 is 9.53 Å². The minimum atomic E-state index is 0.164. The Balaban J connectivity index is 2.33. The Morgan fingerprint density at radius 2 is 1.95 bits per heavy atom. The maximum Gasteiger partial charge on any atom is 0.135 e. The van der Waals surface area contributed by atoms with Gasteiger partial charge in [0.2, 0.25) is 0 Å². The fourth-order valence-electron chi connectivity index (χ4n) is 2.11. The summed E-state index contributed by atoms with van der Waals surface area (Å²) in [4.78, 5) is 11.5. The number of hydrogen-bond acceptors (Lipinski definition) is 2. The lowest BCUT2D eigenvalue weighted by Crippen LogP contribution is -2.06. The van der Waals surface area contributed by atoms with Gasteiger partial charge in [0.1, 0.15) is 11.5 Å². The molecule has 0 bridgehead atoms. The number of Topliss-reactive ketones (excluding diaryl/α,β-unsaturated/α-hetero) is 1. The maximum atomic E-state index is 11.5. The van der Waals surface area contributed by atoms with Gasteiger partial charge in [-0.1, -0.05) is 31.9 Å². The van der Waals surface area contributed by atoms with Crippen LogP contribution in [0, 0.1) is 5.92 Å². The van der Waals surface area contributed by atoms with E-state index in [4.69, 9.17) is 16.3 Å². The molecule has 0 fully saturated rings. The lowest BCUT2D eigenvalue weighted by Gasteiger charge is -2.08. The third-order valence-electron chi connectivity index (χ3n) is 3.27. The molecule has 0 atom stereocenters. The summed E-state index contributed by atoms with van der Waals surface area (Å²) in [6, 6.07) is 5.88. The molecule has 0 aliphatic heterocycles. The molecule has 2 nitrogen and oxygen atoms in total. The first-order chi connectivity index (χ1) is 9.52. The number of unbranched alkanes of at least 4 members (excludes halogenated alkanes) is 2. The highest BCUT2D eigenvalue weighted by Crippen LogP contribution is 2.22. The summed E-state index contributed by atoms with van der Waals surface area (Å²) in [6.45, 7) is 6.54. The predicted molar refractivity (Wildman–Crippen MR) is 84.6 cm³/mol. The van der Waals surface area contributed by atoms with Gasteiger partial charge in [-0.15, -0.1) is 0 Å². The molecule has 3 heteroatoms. The minimum absolute atomic E-state index is 0.164. The molecule has 1 rings (SSSR count). The number of hydrogen-bond donors (Lipinski definition) is 0. The topological polar surface area (TPSA) is 26.3 Å². The van der Waals surface area contributed by atoms with Crippen LogP contribution in [-0.2, 0) is 11.2 Å². The van der Waals surface area contributed by atoms with Crippen LogP contribution in [-0.4, -0.2) is 12.4 Å². The molecule has 0 radical (unpaired) electrons. The Labute approximate surface area is 127 Å². The predicted octanol–water partition coefficient (Wildman–Crippen LogP) is 5.07. The molecule has 1 aromatic carbocycles. The first kappa shape index (κ1) is 17.0. The number of carbonyl (C=O) groups is 1. The number of rotatable bonds is 9. The second-order valence-corrected chi connectivity index (χ2v) is 5.85. The van der Waals surface area contributed by atoms with Gasteiger partial charge >= 0.3 is 0 Å². The number of ketones is 1. The van der Waals surface area contributed by atoms with Gasteiger partial charge in [-0.05, 0) is 49.9 Å². The smallest absolute Gasteiger partial charge is 0.135 e. The van der Waals surface area contributed by atoms with Crippen molar-refractivity contribution in [1.29, 1.82) is 0 Å². The largest absolute Gasteiger partial charge is 0.494 e. The highest BCUT2D eigenvalue weighted by molar-refractivity contribution is 6.30. The molecule has 0 aliphatic rings. The van der Waals surface area contributed by atoms with Gasteiger partial charge in [-0.2, -0.15) is 0 Å². The zero-order valence-electron chi connectivity index (χ0n) is 12.7. The molecule has 0 spiro atoms. The molecule has 0 heterocycles. The molecule has 0 N–H and O–H groups in total. The Morgan fingerprint density at radius 3 is 2.60 bits per heavy atom. The normalized spacial score (nSPS) is 10.8. The molecule has 0 aromatic heterocycles. The number of aryl methyl sites for hydroxylation is 1. The molecule has 0 saturated heterocycles. The van der Waals surface area contributed by atoms with E-state index in [9.17, 15) is 4.79 Å². The van der Waals surface area contributed by atoms with Gasteiger partial charge in [0, 0.05) is 17.4 Å². The molecule has 112 valence electrons. The maximum absolute atomic E-state index is 11.5. The second-order valence-electron chi connectivity index (χ2n) is 5.41. The summed E-state index contributed by atoms with van der Waals surface area (Å²) >= 11 is 6.08. The Kier molecular flexibility index (Phi) is 7.68. The van der Waals surface area contributed by atoms with E-state index in [1.165, 1.54) is 5.56 Å². The Morgan fingerprint density at radius 1 is 1.20 bits per heavy atom. The van der Waals surface area contributed by atoms with Crippen LogP contribution in [0.15, 0.2) is 18.2 Å². The summed E-state index contributed by atoms with van der Waals surface area (Å²) in [6.07, 6.45) is 4.83. The average Bonchev–Trinajstić information content (AvgIpc) is 2.37. The van der Waals surface area contributed by atoms with E-state index in [0.717, 1.165) is 36.5 Å². The highest BCUT2D eigenvalue weighted by Gasteiger charge is 2.06. The van der Waals surface area contributed by atoms with Gasteiger partial charge in [0.15, 0.2) is 0 Å². The standard InChI is InChI=1S/C17H25ClO2/c1-4-20-16-11-14(10-15(18)12-16)8-6-5-7-9-17(19)13(2)3/h10-13H,4-9H2,1-3H3. The lowest BCUT2D eigenvalue weighted by molar-refractivity contribution is -0.122. The van der Waals surface area contributed by atoms with Crippen LogP contribution in [0.4, 0.5) is 0 Å². The Hall–Kier alpha value is -1.02. The zero-order chi connectivity index (χ0) is 15.0. The van der Waals surface area contributed by atoms with Crippen LogP contribution in [0.5, 0.6) is 5.75 Å². The van der Waals surface area contributed by atoms with Crippen LogP contribution in [0.3, 0.4) is 0 Å². The number of carbonyl (C=O) groups excluding carboxylic acids is 1. The van der Waals surface area contributed by atoms with Gasteiger partial charge in [-0.3, -0.25) is 4.79 Å². The Bertz CT molecular complexity index is 427. The van der Waals surface area contributed by atoms with Crippen molar-refractivity contribution in [2.24, 2.45) is 5.92 Å². The number of benzene rings is 1. The minimum Gasteiger partial charge on any atom is -0.494 e. The van der Waals surface area contributed by atoms with Crippen LogP contribution in [0.25, 0.3) is 0 Å². The SMILES string of the molecule is CCOc1cc(Cl)cc(CCCCCC(=O)C(C)C)c1. The molecule has 20 heavy (non-hydrogen) atoms. The van der Waals surface area contributed by atoms with Crippen LogP contribution < -0.4 is 4.74 Å². The molecule has 0 aliphatic carbocycles. The molecular formula is C17H25ClO2. The zero-order valence-corrected chi connectivity index (χ0v) is 13.5. The van der Waals surface area contributed by atoms with E-state index in [1.807, 2.05) is 32.9 Å². The summed E-state index contributed by atoms with van der Waals surface area (Å²) in [5.41, 5.74) is 1.20. The molecule has 0 saturated carbocycles. The van der Waals surface area contributed by atoms with Gasteiger partial charge < -0.3 is 4.74 Å². The van der Waals surface area contributed by atoms with Crippen molar-refractivity contribution in [3.63, 3.8) is 0 Å². The average molecular weight is 297 g/mol. The molecule has 1 aromatic rings. The van der Waals surface area contributed by atoms with Crippen molar-refractivity contribution >= 4 is 17.4 Å². The summed E-state index contributed by atoms with van der Waals surface area (Å²) < 4.78 is 5.48. The van der Waals surface area contributed by atoms with Gasteiger partial charge in [-0.25, -0.2) is 0 Å². The van der Waals surface area contributed by atoms with E-state index in [0.29, 0.717) is 18.8 Å². The van der Waals surface area contributed by atoms with Crippen molar-refractivity contribution in [1.82, 2.24) is 0 Å². The van der Waals surface area contributed by atoms with E-state index >= 15 is 0 Å². The summed E-state index contributed by atoms with van der Waals surface area (Å²) in [5.74, 6) is 1.37.